The van der Waals surface area contributed by atoms with E-state index in [1.807, 2.05) is 0 Å². The van der Waals surface area contributed by atoms with Crippen molar-refractivity contribution in [3.05, 3.63) is 0 Å². The Morgan fingerprint density at radius 1 is 1.38 bits per heavy atom. The molecule has 13 heavy (non-hydrogen) atoms. The molecule has 0 aliphatic rings. The van der Waals surface area contributed by atoms with E-state index in [4.69, 9.17) is 0 Å². The molecule has 78 valence electrons. The Kier molecular flexibility index (Phi) is 3.02. The number of carbonyl (C=O) groups is 1. The minimum Gasteiger partial charge on any atom is -0.295 e. The molecule has 1 atom stereocenters. The first kappa shape index (κ1) is 12.7. The summed E-state index contributed by atoms with van der Waals surface area (Å²) < 4.78 is 58.0. The molecule has 0 radical (unpaired) electrons. The zero-order valence-corrected chi connectivity index (χ0v) is 7.79. The fourth-order valence-corrected chi connectivity index (χ4v) is 1.22. The van der Waals surface area contributed by atoms with Crippen molar-refractivity contribution < 1.29 is 26.4 Å². The first-order chi connectivity index (χ1) is 5.44. The summed E-state index contributed by atoms with van der Waals surface area (Å²) in [5.74, 6) is -6.14. The number of carbonyl (C=O) groups excluding carboxylic acids is 1. The van der Waals surface area contributed by atoms with Crippen molar-refractivity contribution in [2.75, 3.05) is 0 Å². The van der Waals surface area contributed by atoms with Crippen molar-refractivity contribution >= 4 is 25.5 Å². The van der Waals surface area contributed by atoms with Crippen LogP contribution in [-0.4, -0.2) is 25.2 Å². The van der Waals surface area contributed by atoms with E-state index in [1.165, 1.54) is 0 Å². The number of halogens is 4. The van der Waals surface area contributed by atoms with Gasteiger partial charge in [0.15, 0.2) is 5.78 Å². The molecular formula is C4H5ClF3NO3S. The molecule has 0 heterocycles. The molecule has 0 spiro atoms. The number of rotatable bonds is 3. The van der Waals surface area contributed by atoms with Gasteiger partial charge in [0.05, 0.1) is 0 Å². The van der Waals surface area contributed by atoms with Crippen LogP contribution >= 0.6 is 10.7 Å². The maximum absolute atomic E-state index is 12.7. The molecule has 0 amide bonds. The maximum Gasteiger partial charge on any atom is 0.412 e. The minimum absolute atomic E-state index is 0.385. The van der Waals surface area contributed by atoms with E-state index < -0.39 is 25.9 Å². The first-order valence-electron chi connectivity index (χ1n) is 2.75. The summed E-state index contributed by atoms with van der Waals surface area (Å²) in [5, 5.41) is -5.15. The highest BCUT2D eigenvalue weighted by Gasteiger charge is 2.64. The van der Waals surface area contributed by atoms with E-state index in [1.54, 1.807) is 0 Å². The number of hydrogen-bond acceptors (Lipinski definition) is 4. The summed E-state index contributed by atoms with van der Waals surface area (Å²) in [5.41, 5.74) is 4.19. The van der Waals surface area contributed by atoms with E-state index in [2.05, 4.69) is 16.4 Å². The van der Waals surface area contributed by atoms with Gasteiger partial charge in [0.1, 0.15) is 0 Å². The van der Waals surface area contributed by atoms with Crippen molar-refractivity contribution in [1.82, 2.24) is 0 Å². The van der Waals surface area contributed by atoms with Gasteiger partial charge in [-0.05, 0) is 6.92 Å². The standard InChI is InChI=1S/C4H5ClF3NO3S/c1-2(10)3(6,9)4(7,8)13(5,11)12/h9H2,1H3. The number of Topliss-reactive ketones (excluding diaryl/α,β-unsaturated/α-hetero) is 1. The van der Waals surface area contributed by atoms with Gasteiger partial charge in [-0.3, -0.25) is 10.5 Å². The maximum atomic E-state index is 12.7. The third-order valence-electron chi connectivity index (χ3n) is 1.24. The summed E-state index contributed by atoms with van der Waals surface area (Å²) in [4.78, 5) is 10.3. The van der Waals surface area contributed by atoms with Gasteiger partial charge in [0, 0.05) is 10.7 Å². The lowest BCUT2D eigenvalue weighted by Crippen LogP contribution is -2.59. The molecule has 0 aliphatic carbocycles. The van der Waals surface area contributed by atoms with Crippen LogP contribution in [0.15, 0.2) is 0 Å². The van der Waals surface area contributed by atoms with Crippen molar-refractivity contribution in [3.8, 4) is 0 Å². The highest BCUT2D eigenvalue weighted by atomic mass is 35.7. The minimum atomic E-state index is -5.59. The van der Waals surface area contributed by atoms with Crippen LogP contribution in [0.3, 0.4) is 0 Å². The molecule has 0 aromatic heterocycles. The highest BCUT2D eigenvalue weighted by molar-refractivity contribution is 8.14. The van der Waals surface area contributed by atoms with Gasteiger partial charge in [-0.15, -0.1) is 0 Å². The average Bonchev–Trinajstić information content (AvgIpc) is 1.84. The molecule has 2 N–H and O–H groups in total. The third-order valence-corrected chi connectivity index (χ3v) is 2.73. The Morgan fingerprint density at radius 3 is 1.77 bits per heavy atom. The van der Waals surface area contributed by atoms with Gasteiger partial charge in [0.25, 0.3) is 5.79 Å². The molecule has 1 unspecified atom stereocenters. The van der Waals surface area contributed by atoms with Crippen LogP contribution in [0.2, 0.25) is 0 Å². The average molecular weight is 240 g/mol. The number of ketones is 1. The second-order valence-corrected chi connectivity index (χ2v) is 4.83. The molecule has 0 saturated carbocycles. The smallest absolute Gasteiger partial charge is 0.295 e. The van der Waals surface area contributed by atoms with Crippen LogP contribution in [0.1, 0.15) is 6.92 Å². The van der Waals surface area contributed by atoms with Crippen LogP contribution in [-0.2, 0) is 13.8 Å². The molecular weight excluding hydrogens is 235 g/mol. The normalized spacial score (nSPS) is 18.0. The SMILES string of the molecule is CC(=O)C(N)(F)C(F)(F)S(=O)(=O)Cl. The Morgan fingerprint density at radius 2 is 1.69 bits per heavy atom. The molecule has 0 rings (SSSR count). The lowest BCUT2D eigenvalue weighted by Gasteiger charge is -2.24. The van der Waals surface area contributed by atoms with Gasteiger partial charge in [-0.25, -0.2) is 12.8 Å². The summed E-state index contributed by atoms with van der Waals surface area (Å²) in [7, 11) is -1.38. The molecule has 0 bridgehead atoms. The third kappa shape index (κ3) is 1.94. The Bertz CT molecular complexity index is 326. The topological polar surface area (TPSA) is 77.2 Å². The second kappa shape index (κ2) is 3.10. The summed E-state index contributed by atoms with van der Waals surface area (Å²) >= 11 is 0. The van der Waals surface area contributed by atoms with Crippen LogP contribution in [0, 0.1) is 0 Å². The summed E-state index contributed by atoms with van der Waals surface area (Å²) in [6.07, 6.45) is 0. The zero-order valence-electron chi connectivity index (χ0n) is 6.22. The molecule has 0 saturated heterocycles. The Balaban J connectivity index is 5.42. The summed E-state index contributed by atoms with van der Waals surface area (Å²) in [6, 6.07) is 0. The quantitative estimate of drug-likeness (QED) is 0.570. The van der Waals surface area contributed by atoms with Gasteiger partial charge >= 0.3 is 14.3 Å². The predicted molar refractivity (Wildman–Crippen MR) is 38.4 cm³/mol. The molecule has 0 aromatic carbocycles. The van der Waals surface area contributed by atoms with Crippen molar-refractivity contribution in [2.24, 2.45) is 5.73 Å². The largest absolute Gasteiger partial charge is 0.412 e. The van der Waals surface area contributed by atoms with Gasteiger partial charge in [-0.2, -0.15) is 8.78 Å². The first-order valence-corrected chi connectivity index (χ1v) is 5.06. The highest BCUT2D eigenvalue weighted by Crippen LogP contribution is 2.36. The van der Waals surface area contributed by atoms with Crippen molar-refractivity contribution in [2.45, 2.75) is 18.0 Å². The number of alkyl halides is 3. The second-order valence-electron chi connectivity index (χ2n) is 2.22. The van der Waals surface area contributed by atoms with Crippen molar-refractivity contribution in [1.29, 1.82) is 0 Å². The fourth-order valence-electron chi connectivity index (χ4n) is 0.382. The van der Waals surface area contributed by atoms with Crippen LogP contribution in [0.25, 0.3) is 0 Å². The summed E-state index contributed by atoms with van der Waals surface area (Å²) in [6.45, 7) is 0.385. The molecule has 4 nitrogen and oxygen atoms in total. The van der Waals surface area contributed by atoms with Crippen LogP contribution < -0.4 is 5.73 Å². The molecule has 0 aliphatic heterocycles. The van der Waals surface area contributed by atoms with Gasteiger partial charge < -0.3 is 0 Å². The predicted octanol–water partition coefficient (Wildman–Crippen LogP) is 0.361. The van der Waals surface area contributed by atoms with Crippen LogP contribution in [0.4, 0.5) is 13.2 Å². The Hall–Kier alpha value is -0.340. The number of hydrogen-bond donors (Lipinski definition) is 1. The van der Waals surface area contributed by atoms with Crippen LogP contribution in [0.5, 0.6) is 0 Å². The van der Waals surface area contributed by atoms with E-state index in [-0.39, 0.29) is 0 Å². The van der Waals surface area contributed by atoms with E-state index in [9.17, 15) is 26.4 Å². The van der Waals surface area contributed by atoms with Gasteiger partial charge in [-0.1, -0.05) is 0 Å². The van der Waals surface area contributed by atoms with Gasteiger partial charge in [0.2, 0.25) is 0 Å². The lowest BCUT2D eigenvalue weighted by molar-refractivity contribution is -0.144. The lowest BCUT2D eigenvalue weighted by atomic mass is 10.2. The molecule has 0 fully saturated rings. The van der Waals surface area contributed by atoms with E-state index in [0.29, 0.717) is 6.92 Å². The fraction of sp³-hybridized carbons (Fsp3) is 0.750. The number of nitrogens with two attached hydrogens (primary N) is 1. The van der Waals surface area contributed by atoms with E-state index >= 15 is 0 Å². The van der Waals surface area contributed by atoms with E-state index in [0.717, 1.165) is 0 Å². The van der Waals surface area contributed by atoms with Crippen molar-refractivity contribution in [3.63, 3.8) is 0 Å². The molecule has 0 aromatic rings. The Labute approximate surface area is 76.3 Å². The monoisotopic (exact) mass is 239 g/mol. The zero-order chi connectivity index (χ0) is 11.1. The molecule has 9 heteroatoms.